The van der Waals surface area contributed by atoms with E-state index in [-0.39, 0.29) is 0 Å². The predicted octanol–water partition coefficient (Wildman–Crippen LogP) is 1.78. The number of aromatic nitrogens is 1. The van der Waals surface area contributed by atoms with E-state index < -0.39 is 0 Å². The molecular weight excluding hydrogens is 292 g/mol. The van der Waals surface area contributed by atoms with Gasteiger partial charge in [0, 0.05) is 40.1 Å². The topological polar surface area (TPSA) is 59.0 Å². The Bertz CT molecular complexity index is 461. The van der Waals surface area contributed by atoms with E-state index >= 15 is 0 Å². The summed E-state index contributed by atoms with van der Waals surface area (Å²) in [5.74, 6) is 2.47. The van der Waals surface area contributed by atoms with Crippen LogP contribution in [0.4, 0.5) is 0 Å². The van der Waals surface area contributed by atoms with E-state index in [4.69, 9.17) is 9.47 Å². The van der Waals surface area contributed by atoms with Crippen molar-refractivity contribution < 1.29 is 9.47 Å². The number of nitrogens with zero attached hydrogens (tertiary/aromatic N) is 3. The zero-order valence-corrected chi connectivity index (χ0v) is 14.2. The lowest BCUT2D eigenvalue weighted by Gasteiger charge is -2.26. The molecule has 0 unspecified atom stereocenters. The van der Waals surface area contributed by atoms with Crippen LogP contribution in [0, 0.1) is 5.92 Å². The molecule has 0 saturated carbocycles. The number of pyridine rings is 1. The summed E-state index contributed by atoms with van der Waals surface area (Å²) in [6.45, 7) is 4.12. The average molecular weight is 320 g/mol. The van der Waals surface area contributed by atoms with E-state index in [1.807, 2.05) is 19.2 Å². The van der Waals surface area contributed by atoms with Crippen molar-refractivity contribution in [3.8, 4) is 5.75 Å². The Morgan fingerprint density at radius 3 is 3.00 bits per heavy atom. The normalized spacial score (nSPS) is 16.2. The van der Waals surface area contributed by atoms with E-state index in [0.29, 0.717) is 13.2 Å². The highest BCUT2D eigenvalue weighted by Gasteiger charge is 2.15. The van der Waals surface area contributed by atoms with Crippen LogP contribution in [-0.4, -0.2) is 62.8 Å². The quantitative estimate of drug-likeness (QED) is 0.471. The SMILES string of the molecule is CN=C(NCCOc1cccnc1)N(C)CCC1CCOCC1. The fourth-order valence-corrected chi connectivity index (χ4v) is 2.67. The van der Waals surface area contributed by atoms with Crippen molar-refractivity contribution in [1.82, 2.24) is 15.2 Å². The molecule has 1 saturated heterocycles. The van der Waals surface area contributed by atoms with Crippen LogP contribution in [0.2, 0.25) is 0 Å². The molecule has 1 fully saturated rings. The standard InChI is InChI=1S/C17H28N4O2/c1-18-17(20-9-13-23-16-4-3-8-19-14-16)21(2)10-5-15-6-11-22-12-7-15/h3-4,8,14-15H,5-7,9-13H2,1-2H3,(H,18,20). The summed E-state index contributed by atoms with van der Waals surface area (Å²) in [5, 5.41) is 3.33. The molecule has 0 bridgehead atoms. The zero-order valence-electron chi connectivity index (χ0n) is 14.2. The second-order valence-electron chi connectivity index (χ2n) is 5.78. The van der Waals surface area contributed by atoms with Crippen molar-refractivity contribution in [3.05, 3.63) is 24.5 Å². The highest BCUT2D eigenvalue weighted by molar-refractivity contribution is 5.79. The first kappa shape index (κ1) is 17.5. The molecule has 128 valence electrons. The third-order valence-corrected chi connectivity index (χ3v) is 4.08. The van der Waals surface area contributed by atoms with E-state index in [1.165, 1.54) is 19.3 Å². The average Bonchev–Trinajstić information content (AvgIpc) is 2.61. The molecule has 1 N–H and O–H groups in total. The van der Waals surface area contributed by atoms with Gasteiger partial charge < -0.3 is 19.7 Å². The van der Waals surface area contributed by atoms with Gasteiger partial charge in [-0.1, -0.05) is 0 Å². The summed E-state index contributed by atoms with van der Waals surface area (Å²) in [6, 6.07) is 3.77. The number of hydrogen-bond acceptors (Lipinski definition) is 4. The third kappa shape index (κ3) is 6.44. The van der Waals surface area contributed by atoms with Crippen molar-refractivity contribution in [2.75, 3.05) is 47.0 Å². The van der Waals surface area contributed by atoms with Crippen molar-refractivity contribution in [3.63, 3.8) is 0 Å². The summed E-state index contributed by atoms with van der Waals surface area (Å²) >= 11 is 0. The molecule has 1 aromatic heterocycles. The van der Waals surface area contributed by atoms with Crippen LogP contribution >= 0.6 is 0 Å². The number of hydrogen-bond donors (Lipinski definition) is 1. The van der Waals surface area contributed by atoms with Gasteiger partial charge in [-0.3, -0.25) is 9.98 Å². The minimum absolute atomic E-state index is 0.582. The summed E-state index contributed by atoms with van der Waals surface area (Å²) in [4.78, 5) is 10.5. The fourth-order valence-electron chi connectivity index (χ4n) is 2.67. The highest BCUT2D eigenvalue weighted by atomic mass is 16.5. The van der Waals surface area contributed by atoms with Crippen LogP contribution in [0.3, 0.4) is 0 Å². The zero-order chi connectivity index (χ0) is 16.3. The molecule has 6 heteroatoms. The smallest absolute Gasteiger partial charge is 0.193 e. The van der Waals surface area contributed by atoms with Crippen LogP contribution in [0.25, 0.3) is 0 Å². The molecule has 1 aliphatic rings. The Balaban J connectivity index is 1.63. The van der Waals surface area contributed by atoms with Crippen LogP contribution in [0.5, 0.6) is 5.75 Å². The monoisotopic (exact) mass is 320 g/mol. The van der Waals surface area contributed by atoms with Crippen molar-refractivity contribution in [1.29, 1.82) is 0 Å². The number of rotatable bonds is 7. The highest BCUT2D eigenvalue weighted by Crippen LogP contribution is 2.18. The lowest BCUT2D eigenvalue weighted by molar-refractivity contribution is 0.0625. The molecule has 6 nitrogen and oxygen atoms in total. The van der Waals surface area contributed by atoms with Gasteiger partial charge in [-0.2, -0.15) is 0 Å². The molecule has 0 spiro atoms. The Labute approximate surface area is 138 Å². The molecule has 0 aliphatic carbocycles. The Hall–Kier alpha value is -1.82. The van der Waals surface area contributed by atoms with Gasteiger partial charge in [-0.25, -0.2) is 0 Å². The first-order chi connectivity index (χ1) is 11.3. The summed E-state index contributed by atoms with van der Waals surface area (Å²) in [5.41, 5.74) is 0. The maximum atomic E-state index is 5.62. The molecule has 1 aromatic rings. The molecule has 1 aliphatic heterocycles. The van der Waals surface area contributed by atoms with Gasteiger partial charge in [-0.15, -0.1) is 0 Å². The maximum absolute atomic E-state index is 5.62. The number of guanidine groups is 1. The second kappa shape index (κ2) is 10.0. The van der Waals surface area contributed by atoms with Crippen molar-refractivity contribution in [2.24, 2.45) is 10.9 Å². The van der Waals surface area contributed by atoms with Crippen molar-refractivity contribution >= 4 is 5.96 Å². The molecule has 0 aromatic carbocycles. The molecule has 0 amide bonds. The molecular formula is C17H28N4O2. The maximum Gasteiger partial charge on any atom is 0.193 e. The first-order valence-corrected chi connectivity index (χ1v) is 8.32. The second-order valence-corrected chi connectivity index (χ2v) is 5.78. The predicted molar refractivity (Wildman–Crippen MR) is 91.9 cm³/mol. The number of aliphatic imine (C=N–C) groups is 1. The lowest BCUT2D eigenvalue weighted by atomic mass is 9.96. The Morgan fingerprint density at radius 2 is 2.30 bits per heavy atom. The van der Waals surface area contributed by atoms with Gasteiger partial charge in [0.15, 0.2) is 5.96 Å². The van der Waals surface area contributed by atoms with Crippen LogP contribution in [-0.2, 0) is 4.74 Å². The fraction of sp³-hybridized carbons (Fsp3) is 0.647. The van der Waals surface area contributed by atoms with Gasteiger partial charge in [0.2, 0.25) is 0 Å². The molecule has 0 atom stereocenters. The van der Waals surface area contributed by atoms with Crippen molar-refractivity contribution in [2.45, 2.75) is 19.3 Å². The molecule has 0 radical (unpaired) electrons. The number of ether oxygens (including phenoxy) is 2. The van der Waals surface area contributed by atoms with Gasteiger partial charge in [-0.05, 0) is 37.3 Å². The molecule has 2 heterocycles. The van der Waals surface area contributed by atoms with Gasteiger partial charge in [0.25, 0.3) is 0 Å². The lowest BCUT2D eigenvalue weighted by Crippen LogP contribution is -2.41. The van der Waals surface area contributed by atoms with E-state index in [2.05, 4.69) is 27.2 Å². The third-order valence-electron chi connectivity index (χ3n) is 4.08. The Morgan fingerprint density at radius 1 is 1.48 bits per heavy atom. The number of nitrogens with one attached hydrogen (secondary N) is 1. The van der Waals surface area contributed by atoms with Crippen LogP contribution in [0.1, 0.15) is 19.3 Å². The summed E-state index contributed by atoms with van der Waals surface area (Å²) in [6.07, 6.45) is 7.00. The van der Waals surface area contributed by atoms with E-state index in [9.17, 15) is 0 Å². The van der Waals surface area contributed by atoms with Crippen LogP contribution in [0.15, 0.2) is 29.5 Å². The Kier molecular flexibility index (Phi) is 7.66. The van der Waals surface area contributed by atoms with Crippen LogP contribution < -0.4 is 10.1 Å². The first-order valence-electron chi connectivity index (χ1n) is 8.32. The van der Waals surface area contributed by atoms with Gasteiger partial charge in [0.05, 0.1) is 12.7 Å². The van der Waals surface area contributed by atoms with Gasteiger partial charge >= 0.3 is 0 Å². The largest absolute Gasteiger partial charge is 0.490 e. The summed E-state index contributed by atoms with van der Waals surface area (Å²) < 4.78 is 11.0. The van der Waals surface area contributed by atoms with Gasteiger partial charge in [0.1, 0.15) is 12.4 Å². The minimum Gasteiger partial charge on any atom is -0.490 e. The molecule has 23 heavy (non-hydrogen) atoms. The minimum atomic E-state index is 0.582. The van der Waals surface area contributed by atoms with E-state index in [1.54, 1.807) is 12.4 Å². The molecule has 2 rings (SSSR count). The summed E-state index contributed by atoms with van der Waals surface area (Å²) in [7, 11) is 3.89. The van der Waals surface area contributed by atoms with E-state index in [0.717, 1.165) is 37.4 Å².